The maximum atomic E-state index is 12.1. The van der Waals surface area contributed by atoms with Gasteiger partial charge in [0.05, 0.1) is 24.9 Å². The number of primary amides is 1. The third-order valence-electron chi connectivity index (χ3n) is 5.31. The minimum atomic E-state index is -1.66. The fraction of sp³-hybridized carbons (Fsp3) is 0.318. The molecule has 2 saturated heterocycles. The molecule has 0 aliphatic carbocycles. The average Bonchev–Trinajstić information content (AvgIpc) is 2.97. The summed E-state index contributed by atoms with van der Waals surface area (Å²) < 4.78 is 5.36. The van der Waals surface area contributed by atoms with Gasteiger partial charge in [-0.3, -0.25) is 9.59 Å². The fourth-order valence-corrected chi connectivity index (χ4v) is 3.58. The summed E-state index contributed by atoms with van der Waals surface area (Å²) in [5, 5.41) is 10.5. The van der Waals surface area contributed by atoms with Crippen LogP contribution in [0.2, 0.25) is 0 Å². The van der Waals surface area contributed by atoms with E-state index in [0.717, 1.165) is 5.69 Å². The summed E-state index contributed by atoms with van der Waals surface area (Å²) >= 11 is 0. The molecule has 8 nitrogen and oxygen atoms in total. The summed E-state index contributed by atoms with van der Waals surface area (Å²) in [6.45, 7) is 1.48. The quantitative estimate of drug-likeness (QED) is 0.722. The first-order valence-electron chi connectivity index (χ1n) is 9.62. The number of hydrogen-bond acceptors (Lipinski definition) is 6. The summed E-state index contributed by atoms with van der Waals surface area (Å²) in [4.78, 5) is 31.6. The van der Waals surface area contributed by atoms with Crippen molar-refractivity contribution in [3.63, 3.8) is 0 Å². The third kappa shape index (κ3) is 3.61. The minimum absolute atomic E-state index is 0.0183. The second-order valence-corrected chi connectivity index (χ2v) is 7.43. The molecular formula is C22H22N4O4. The molecule has 0 unspecified atom stereocenters. The Hall–Kier alpha value is -3.41. The Labute approximate surface area is 174 Å². The SMILES string of the molecule is CN1CC[C@@](O)(C#Cc2cccc(N(c3cccnc3C(N)=O)C3COC3)c2)C1=O. The maximum absolute atomic E-state index is 12.1. The lowest BCUT2D eigenvalue weighted by Crippen LogP contribution is -2.47. The number of carbonyl (C=O) groups excluding carboxylic acids is 2. The van der Waals surface area contributed by atoms with Crippen LogP contribution in [-0.2, 0) is 9.53 Å². The Balaban J connectivity index is 1.71. The van der Waals surface area contributed by atoms with Crippen molar-refractivity contribution < 1.29 is 19.4 Å². The Morgan fingerprint density at radius 1 is 1.37 bits per heavy atom. The first-order chi connectivity index (χ1) is 14.4. The van der Waals surface area contributed by atoms with Crippen molar-refractivity contribution in [1.29, 1.82) is 0 Å². The molecule has 0 saturated carbocycles. The molecule has 0 radical (unpaired) electrons. The van der Waals surface area contributed by atoms with Crippen molar-refractivity contribution in [1.82, 2.24) is 9.88 Å². The molecule has 2 amide bonds. The van der Waals surface area contributed by atoms with Gasteiger partial charge in [0.25, 0.3) is 11.8 Å². The van der Waals surface area contributed by atoms with E-state index in [2.05, 4.69) is 16.8 Å². The standard InChI is InChI=1S/C22H22N4O4/c1-25-11-9-22(29,21(25)28)8-7-15-4-2-5-16(12-15)26(17-13-30-14-17)18-6-3-10-24-19(18)20(23)27/h2-6,10,12,17,29H,9,11,13-14H2,1H3,(H2,23,27)/t22-/m0/s1. The van der Waals surface area contributed by atoms with Gasteiger partial charge in [-0.2, -0.15) is 0 Å². The highest BCUT2D eigenvalue weighted by Gasteiger charge is 2.42. The van der Waals surface area contributed by atoms with Gasteiger partial charge < -0.3 is 25.4 Å². The van der Waals surface area contributed by atoms with Crippen LogP contribution in [0.25, 0.3) is 0 Å². The zero-order chi connectivity index (χ0) is 21.3. The number of benzene rings is 1. The van der Waals surface area contributed by atoms with Crippen LogP contribution in [0.15, 0.2) is 42.6 Å². The molecule has 8 heteroatoms. The zero-order valence-electron chi connectivity index (χ0n) is 16.5. The number of amides is 2. The van der Waals surface area contributed by atoms with E-state index in [1.807, 2.05) is 23.1 Å². The number of anilines is 2. The predicted octanol–water partition coefficient (Wildman–Crippen LogP) is 0.662. The third-order valence-corrected chi connectivity index (χ3v) is 5.31. The predicted molar refractivity (Wildman–Crippen MR) is 110 cm³/mol. The summed E-state index contributed by atoms with van der Waals surface area (Å²) in [7, 11) is 1.64. The monoisotopic (exact) mass is 406 g/mol. The fourth-order valence-electron chi connectivity index (χ4n) is 3.58. The molecule has 2 fully saturated rings. The van der Waals surface area contributed by atoms with Crippen LogP contribution in [-0.4, -0.2) is 65.3 Å². The number of rotatable bonds is 4. The molecule has 0 spiro atoms. The van der Waals surface area contributed by atoms with Gasteiger partial charge in [-0.25, -0.2) is 4.98 Å². The van der Waals surface area contributed by atoms with Crippen LogP contribution >= 0.6 is 0 Å². The summed E-state index contributed by atoms with van der Waals surface area (Å²) in [5.74, 6) is 4.66. The number of pyridine rings is 1. The smallest absolute Gasteiger partial charge is 0.269 e. The lowest BCUT2D eigenvalue weighted by Gasteiger charge is -2.39. The summed E-state index contributed by atoms with van der Waals surface area (Å²) in [6.07, 6.45) is 1.80. The molecule has 4 rings (SSSR count). The van der Waals surface area contributed by atoms with E-state index in [-0.39, 0.29) is 24.1 Å². The van der Waals surface area contributed by atoms with E-state index < -0.39 is 11.5 Å². The van der Waals surface area contributed by atoms with Crippen molar-refractivity contribution in [2.75, 3.05) is 31.7 Å². The van der Waals surface area contributed by atoms with Crippen molar-refractivity contribution in [3.8, 4) is 11.8 Å². The Morgan fingerprint density at radius 3 is 2.80 bits per heavy atom. The van der Waals surface area contributed by atoms with Crippen LogP contribution in [0.4, 0.5) is 11.4 Å². The summed E-state index contributed by atoms with van der Waals surface area (Å²) in [5.41, 5.74) is 6.06. The molecule has 3 heterocycles. The zero-order valence-corrected chi connectivity index (χ0v) is 16.5. The topological polar surface area (TPSA) is 109 Å². The minimum Gasteiger partial charge on any atom is -0.377 e. The Bertz CT molecular complexity index is 1060. The molecule has 0 bridgehead atoms. The molecule has 2 aromatic rings. The van der Waals surface area contributed by atoms with Gasteiger partial charge >= 0.3 is 0 Å². The molecule has 1 aromatic carbocycles. The van der Waals surface area contributed by atoms with Crippen molar-refractivity contribution in [2.24, 2.45) is 5.73 Å². The molecular weight excluding hydrogens is 384 g/mol. The van der Waals surface area contributed by atoms with E-state index in [9.17, 15) is 14.7 Å². The number of ether oxygens (including phenoxy) is 1. The van der Waals surface area contributed by atoms with Crippen molar-refractivity contribution in [2.45, 2.75) is 18.1 Å². The van der Waals surface area contributed by atoms with Crippen molar-refractivity contribution >= 4 is 23.2 Å². The Kier molecular flexibility index (Phi) is 5.16. The van der Waals surface area contributed by atoms with Crippen molar-refractivity contribution in [3.05, 3.63) is 53.9 Å². The number of aliphatic hydroxyl groups is 1. The van der Waals surface area contributed by atoms with Gasteiger partial charge in [-0.1, -0.05) is 17.9 Å². The average molecular weight is 406 g/mol. The van der Waals surface area contributed by atoms with Gasteiger partial charge in [0.2, 0.25) is 5.60 Å². The van der Waals surface area contributed by atoms with Gasteiger partial charge in [-0.15, -0.1) is 0 Å². The lowest BCUT2D eigenvalue weighted by atomic mass is 10.0. The van der Waals surface area contributed by atoms with Gasteiger partial charge in [0, 0.05) is 37.5 Å². The highest BCUT2D eigenvalue weighted by Crippen LogP contribution is 2.33. The van der Waals surface area contributed by atoms with Crippen LogP contribution in [0.5, 0.6) is 0 Å². The molecule has 154 valence electrons. The first kappa shape index (κ1) is 19.9. The molecule has 1 aromatic heterocycles. The number of likely N-dealkylation sites (N-methyl/N-ethyl adjacent to an activating group) is 1. The van der Waals surface area contributed by atoms with Crippen LogP contribution < -0.4 is 10.6 Å². The lowest BCUT2D eigenvalue weighted by molar-refractivity contribution is -0.137. The molecule has 30 heavy (non-hydrogen) atoms. The molecule has 3 N–H and O–H groups in total. The summed E-state index contributed by atoms with van der Waals surface area (Å²) in [6, 6.07) is 10.9. The van der Waals surface area contributed by atoms with E-state index in [1.54, 1.807) is 25.2 Å². The van der Waals surface area contributed by atoms with Crippen LogP contribution in [0.3, 0.4) is 0 Å². The highest BCUT2D eigenvalue weighted by atomic mass is 16.5. The largest absolute Gasteiger partial charge is 0.377 e. The molecule has 2 aliphatic rings. The van der Waals surface area contributed by atoms with Crippen LogP contribution in [0, 0.1) is 11.8 Å². The molecule has 1 atom stereocenters. The van der Waals surface area contributed by atoms with Crippen LogP contribution in [0.1, 0.15) is 22.5 Å². The molecule has 2 aliphatic heterocycles. The van der Waals surface area contributed by atoms with E-state index in [0.29, 0.717) is 31.0 Å². The maximum Gasteiger partial charge on any atom is 0.269 e. The number of likely N-dealkylation sites (tertiary alicyclic amines) is 1. The normalized spacial score (nSPS) is 21.0. The Morgan fingerprint density at radius 2 is 2.17 bits per heavy atom. The van der Waals surface area contributed by atoms with Gasteiger partial charge in [0.1, 0.15) is 0 Å². The second kappa shape index (κ2) is 7.78. The second-order valence-electron chi connectivity index (χ2n) is 7.43. The van der Waals surface area contributed by atoms with Gasteiger partial charge in [-0.05, 0) is 30.3 Å². The van der Waals surface area contributed by atoms with E-state index >= 15 is 0 Å². The number of aromatic nitrogens is 1. The van der Waals surface area contributed by atoms with E-state index in [1.165, 1.54) is 11.1 Å². The number of nitrogens with zero attached hydrogens (tertiary/aromatic N) is 3. The number of nitrogens with two attached hydrogens (primary N) is 1. The highest BCUT2D eigenvalue weighted by molar-refractivity contribution is 5.97. The number of hydrogen-bond donors (Lipinski definition) is 2. The first-order valence-corrected chi connectivity index (χ1v) is 9.62. The number of carbonyl (C=O) groups is 2. The van der Waals surface area contributed by atoms with E-state index in [4.69, 9.17) is 10.5 Å². The van der Waals surface area contributed by atoms with Gasteiger partial charge in [0.15, 0.2) is 5.69 Å².